The number of rotatable bonds is 5. The van der Waals surface area contributed by atoms with Crippen LogP contribution < -0.4 is 5.73 Å². The molecule has 3 nitrogen and oxygen atoms in total. The fourth-order valence-electron chi connectivity index (χ4n) is 0.625. The minimum Gasteiger partial charge on any atom is -0.405 e. The largest absolute Gasteiger partial charge is 0.405 e. The Morgan fingerprint density at radius 2 is 2.33 bits per heavy atom. The van der Waals surface area contributed by atoms with Crippen LogP contribution in [-0.4, -0.2) is 25.9 Å². The number of hydrogen-bond acceptors (Lipinski definition) is 3. The van der Waals surface area contributed by atoms with Crippen molar-refractivity contribution in [1.82, 2.24) is 0 Å². The maximum absolute atomic E-state index is 5.27. The van der Waals surface area contributed by atoms with Gasteiger partial charge in [-0.2, -0.15) is 0 Å². The molecule has 1 atom stereocenters. The second-order valence-corrected chi connectivity index (χ2v) is 2.62. The van der Waals surface area contributed by atoms with E-state index in [4.69, 9.17) is 9.47 Å². The molecule has 0 aromatic rings. The van der Waals surface area contributed by atoms with Crippen molar-refractivity contribution in [1.29, 1.82) is 0 Å². The van der Waals surface area contributed by atoms with Gasteiger partial charge in [0.1, 0.15) is 6.10 Å². The van der Waals surface area contributed by atoms with Crippen LogP contribution in [0, 0.1) is 0 Å². The number of unbranched alkanes of at least 4 members (excludes halogenated alkanes) is 1. The first-order valence-corrected chi connectivity index (χ1v) is 4.37. The highest BCUT2D eigenvalue weighted by molar-refractivity contribution is 4.66. The first kappa shape index (κ1) is 11.5. The van der Waals surface area contributed by atoms with Gasteiger partial charge in [0, 0.05) is 6.61 Å². The summed E-state index contributed by atoms with van der Waals surface area (Å²) >= 11 is 0. The SMILES string of the molecule is C=CN.CCCCOCC1CO1. The van der Waals surface area contributed by atoms with Crippen LogP contribution in [0.2, 0.25) is 0 Å². The predicted octanol–water partition coefficient (Wildman–Crippen LogP) is 1.29. The molecule has 0 aromatic heterocycles. The molecule has 1 unspecified atom stereocenters. The quantitative estimate of drug-likeness (QED) is 0.503. The first-order chi connectivity index (χ1) is 5.85. The van der Waals surface area contributed by atoms with E-state index in [1.54, 1.807) is 0 Å². The van der Waals surface area contributed by atoms with Gasteiger partial charge in [-0.3, -0.25) is 0 Å². The van der Waals surface area contributed by atoms with E-state index >= 15 is 0 Å². The van der Waals surface area contributed by atoms with Gasteiger partial charge in [-0.15, -0.1) is 0 Å². The second-order valence-electron chi connectivity index (χ2n) is 2.62. The van der Waals surface area contributed by atoms with Crippen LogP contribution in [0.25, 0.3) is 0 Å². The van der Waals surface area contributed by atoms with Gasteiger partial charge in [-0.1, -0.05) is 19.9 Å². The molecule has 0 amide bonds. The van der Waals surface area contributed by atoms with Crippen molar-refractivity contribution in [2.75, 3.05) is 19.8 Å². The van der Waals surface area contributed by atoms with Crippen molar-refractivity contribution in [3.05, 3.63) is 12.8 Å². The van der Waals surface area contributed by atoms with E-state index in [2.05, 4.69) is 19.2 Å². The maximum Gasteiger partial charge on any atom is 0.104 e. The molecule has 0 radical (unpaired) electrons. The zero-order chi connectivity index (χ0) is 9.23. The van der Waals surface area contributed by atoms with E-state index in [1.807, 2.05) is 0 Å². The van der Waals surface area contributed by atoms with Crippen molar-refractivity contribution in [3.63, 3.8) is 0 Å². The summed E-state index contributed by atoms with van der Waals surface area (Å²) in [5.41, 5.74) is 4.61. The van der Waals surface area contributed by atoms with Gasteiger partial charge in [-0.25, -0.2) is 0 Å². The third-order valence-electron chi connectivity index (χ3n) is 1.35. The highest BCUT2D eigenvalue weighted by atomic mass is 16.6. The second kappa shape index (κ2) is 8.56. The van der Waals surface area contributed by atoms with Crippen LogP contribution in [0.1, 0.15) is 19.8 Å². The molecule has 0 aliphatic carbocycles. The van der Waals surface area contributed by atoms with E-state index < -0.39 is 0 Å². The molecule has 0 aromatic carbocycles. The van der Waals surface area contributed by atoms with Gasteiger partial charge in [0.25, 0.3) is 0 Å². The predicted molar refractivity (Wildman–Crippen MR) is 49.9 cm³/mol. The topological polar surface area (TPSA) is 47.8 Å². The summed E-state index contributed by atoms with van der Waals surface area (Å²) in [5, 5.41) is 0. The van der Waals surface area contributed by atoms with E-state index in [0.717, 1.165) is 19.8 Å². The standard InChI is InChI=1S/C7H14O2.C2H5N/c1-2-3-4-8-5-7-6-9-7;1-2-3/h7H,2-6H2,1H3;2H,1,3H2. The molecule has 0 spiro atoms. The summed E-state index contributed by atoms with van der Waals surface area (Å²) in [6.07, 6.45) is 4.07. The van der Waals surface area contributed by atoms with Gasteiger partial charge in [0.05, 0.1) is 13.2 Å². The summed E-state index contributed by atoms with van der Waals surface area (Å²) in [5.74, 6) is 0. The zero-order valence-corrected chi connectivity index (χ0v) is 7.79. The molecule has 2 N–H and O–H groups in total. The van der Waals surface area contributed by atoms with E-state index in [0.29, 0.717) is 6.10 Å². The lowest BCUT2D eigenvalue weighted by Crippen LogP contribution is -2.01. The van der Waals surface area contributed by atoms with Crippen LogP contribution in [0.5, 0.6) is 0 Å². The molecule has 1 rings (SSSR count). The van der Waals surface area contributed by atoms with Crippen LogP contribution in [-0.2, 0) is 9.47 Å². The third-order valence-corrected chi connectivity index (χ3v) is 1.35. The molecule has 1 heterocycles. The van der Waals surface area contributed by atoms with Gasteiger partial charge in [0.15, 0.2) is 0 Å². The molecule has 12 heavy (non-hydrogen) atoms. The van der Waals surface area contributed by atoms with Gasteiger partial charge < -0.3 is 15.2 Å². The van der Waals surface area contributed by atoms with Crippen LogP contribution >= 0.6 is 0 Å². The zero-order valence-electron chi connectivity index (χ0n) is 7.79. The van der Waals surface area contributed by atoms with Crippen LogP contribution in [0.3, 0.4) is 0 Å². The Bertz CT molecular complexity index is 103. The Kier molecular flexibility index (Phi) is 8.17. The van der Waals surface area contributed by atoms with Crippen LogP contribution in [0.15, 0.2) is 12.8 Å². The van der Waals surface area contributed by atoms with Gasteiger partial charge in [0.2, 0.25) is 0 Å². The van der Waals surface area contributed by atoms with Crippen molar-refractivity contribution in [2.45, 2.75) is 25.9 Å². The molecule has 1 fully saturated rings. The lowest BCUT2D eigenvalue weighted by molar-refractivity contribution is 0.114. The molecular formula is C9H19NO2. The lowest BCUT2D eigenvalue weighted by atomic mass is 10.4. The Balaban J connectivity index is 0.000000354. The fourth-order valence-corrected chi connectivity index (χ4v) is 0.625. The molecule has 1 saturated heterocycles. The Morgan fingerprint density at radius 3 is 2.75 bits per heavy atom. The Hall–Kier alpha value is -0.540. The Morgan fingerprint density at radius 1 is 1.75 bits per heavy atom. The monoisotopic (exact) mass is 173 g/mol. The van der Waals surface area contributed by atoms with E-state index in [9.17, 15) is 0 Å². The number of hydrogen-bond donors (Lipinski definition) is 1. The fraction of sp³-hybridized carbons (Fsp3) is 0.778. The maximum atomic E-state index is 5.27. The normalized spacial score (nSPS) is 19.2. The molecule has 0 saturated carbocycles. The third kappa shape index (κ3) is 9.46. The van der Waals surface area contributed by atoms with E-state index in [1.165, 1.54) is 19.0 Å². The number of epoxide rings is 1. The highest BCUT2D eigenvalue weighted by Crippen LogP contribution is 2.08. The number of ether oxygens (including phenoxy) is 2. The lowest BCUT2D eigenvalue weighted by Gasteiger charge is -1.97. The van der Waals surface area contributed by atoms with Crippen molar-refractivity contribution in [3.8, 4) is 0 Å². The average molecular weight is 173 g/mol. The molecule has 72 valence electrons. The summed E-state index contributed by atoms with van der Waals surface area (Å²) in [7, 11) is 0. The van der Waals surface area contributed by atoms with E-state index in [-0.39, 0.29) is 0 Å². The molecule has 3 heteroatoms. The van der Waals surface area contributed by atoms with Gasteiger partial charge in [-0.05, 0) is 12.6 Å². The highest BCUT2D eigenvalue weighted by Gasteiger charge is 2.21. The van der Waals surface area contributed by atoms with Crippen molar-refractivity contribution < 1.29 is 9.47 Å². The minimum absolute atomic E-state index is 0.432. The van der Waals surface area contributed by atoms with Gasteiger partial charge >= 0.3 is 0 Å². The van der Waals surface area contributed by atoms with Crippen molar-refractivity contribution in [2.24, 2.45) is 5.73 Å². The molecule has 0 bridgehead atoms. The van der Waals surface area contributed by atoms with Crippen LogP contribution in [0.4, 0.5) is 0 Å². The average Bonchev–Trinajstić information content (AvgIpc) is 2.83. The Labute approximate surface area is 74.5 Å². The van der Waals surface area contributed by atoms with Crippen molar-refractivity contribution >= 4 is 0 Å². The minimum atomic E-state index is 0.432. The molecule has 1 aliphatic rings. The summed E-state index contributed by atoms with van der Waals surface area (Å²) in [6, 6.07) is 0. The first-order valence-electron chi connectivity index (χ1n) is 4.37. The summed E-state index contributed by atoms with van der Waals surface area (Å²) in [6.45, 7) is 7.92. The molecular weight excluding hydrogens is 154 g/mol. The summed E-state index contributed by atoms with van der Waals surface area (Å²) in [4.78, 5) is 0. The summed E-state index contributed by atoms with van der Waals surface area (Å²) < 4.78 is 10.2. The smallest absolute Gasteiger partial charge is 0.104 e. The molecule has 1 aliphatic heterocycles. The number of nitrogens with two attached hydrogens (primary N) is 1.